The Bertz CT molecular complexity index is 172. The van der Waals surface area contributed by atoms with E-state index in [1.165, 1.54) is 0 Å². The molecule has 0 saturated carbocycles. The third-order valence-corrected chi connectivity index (χ3v) is 1.10. The second-order valence-corrected chi connectivity index (χ2v) is 2.21. The summed E-state index contributed by atoms with van der Waals surface area (Å²) in [6, 6.07) is 0. The molecule has 1 heterocycles. The maximum atomic E-state index is 8.92. The lowest BCUT2D eigenvalue weighted by Gasteiger charge is -2.16. The fourth-order valence-corrected chi connectivity index (χ4v) is 0.855. The molecule has 0 aromatic rings. The average Bonchev–Trinajstić information content (AvgIpc) is 1.59. The number of hydrogen-bond donors (Lipinski definition) is 1. The molecule has 0 bridgehead atoms. The lowest BCUT2D eigenvalue weighted by atomic mass is 10.4. The van der Waals surface area contributed by atoms with Gasteiger partial charge in [-0.3, -0.25) is 0 Å². The monoisotopic (exact) mass is 126 g/mol. The molecule has 9 heavy (non-hydrogen) atoms. The van der Waals surface area contributed by atoms with Crippen molar-refractivity contribution in [3.8, 4) is 0 Å². The van der Waals surface area contributed by atoms with Crippen molar-refractivity contribution in [3.05, 3.63) is 11.9 Å². The predicted octanol–water partition coefficient (Wildman–Crippen LogP) is 0.750. The molecular formula is C6H10N2O. The number of likely N-dealkylation sites (N-methyl/N-ethyl adjacent to an activating group) is 1. The topological polar surface area (TPSA) is 35.8 Å². The molecule has 50 valence electrons. The Labute approximate surface area is 54.3 Å². The third-order valence-electron chi connectivity index (χ3n) is 1.10. The summed E-state index contributed by atoms with van der Waals surface area (Å²) in [7, 11) is 1.90. The largest absolute Gasteiger partial charge is 0.495 e. The van der Waals surface area contributed by atoms with Gasteiger partial charge >= 0.3 is 0 Å². The SMILES string of the molecule is CC1=CN(C)CC(O)=N1. The van der Waals surface area contributed by atoms with Crippen molar-refractivity contribution >= 4 is 5.90 Å². The molecule has 0 amide bonds. The lowest BCUT2D eigenvalue weighted by molar-refractivity contribution is 0.439. The van der Waals surface area contributed by atoms with Crippen LogP contribution in [0, 0.1) is 0 Å². The van der Waals surface area contributed by atoms with Crippen LogP contribution in [0.1, 0.15) is 6.92 Å². The fraction of sp³-hybridized carbons (Fsp3) is 0.500. The van der Waals surface area contributed by atoms with Crippen LogP contribution < -0.4 is 0 Å². The van der Waals surface area contributed by atoms with Gasteiger partial charge in [0, 0.05) is 13.2 Å². The smallest absolute Gasteiger partial charge is 0.205 e. The van der Waals surface area contributed by atoms with Gasteiger partial charge in [-0.2, -0.15) is 0 Å². The Morgan fingerprint density at radius 3 is 2.89 bits per heavy atom. The van der Waals surface area contributed by atoms with Crippen molar-refractivity contribution in [1.29, 1.82) is 0 Å². The van der Waals surface area contributed by atoms with Crippen molar-refractivity contribution in [2.24, 2.45) is 4.99 Å². The number of nitrogens with zero attached hydrogens (tertiary/aromatic N) is 2. The maximum absolute atomic E-state index is 8.92. The summed E-state index contributed by atoms with van der Waals surface area (Å²) < 4.78 is 0. The molecule has 0 spiro atoms. The van der Waals surface area contributed by atoms with Gasteiger partial charge in [-0.05, 0) is 6.92 Å². The van der Waals surface area contributed by atoms with Gasteiger partial charge < -0.3 is 10.0 Å². The van der Waals surface area contributed by atoms with E-state index in [1.807, 2.05) is 25.1 Å². The summed E-state index contributed by atoms with van der Waals surface area (Å²) in [5, 5.41) is 8.92. The Hall–Kier alpha value is -0.990. The molecule has 0 fully saturated rings. The molecule has 3 heteroatoms. The molecule has 1 N–H and O–H groups in total. The molecule has 0 aliphatic carbocycles. The number of hydrogen-bond acceptors (Lipinski definition) is 2. The highest BCUT2D eigenvalue weighted by Gasteiger charge is 2.04. The van der Waals surface area contributed by atoms with Gasteiger partial charge in [0.25, 0.3) is 0 Å². The van der Waals surface area contributed by atoms with Gasteiger partial charge in [-0.15, -0.1) is 0 Å². The minimum atomic E-state index is 0.192. The number of rotatable bonds is 0. The van der Waals surface area contributed by atoms with Gasteiger partial charge in [0.15, 0.2) is 0 Å². The van der Waals surface area contributed by atoms with E-state index in [9.17, 15) is 0 Å². The van der Waals surface area contributed by atoms with E-state index in [4.69, 9.17) is 5.11 Å². The standard InChI is InChI=1S/C6H10N2O/c1-5-3-8(2)4-6(9)7-5/h3H,4H2,1-2H3,(H,7,9). The minimum absolute atomic E-state index is 0.192. The van der Waals surface area contributed by atoms with Crippen LogP contribution in [-0.4, -0.2) is 29.5 Å². The van der Waals surface area contributed by atoms with Crippen LogP contribution in [0.15, 0.2) is 16.9 Å². The first-order chi connectivity index (χ1) is 4.18. The van der Waals surface area contributed by atoms with Gasteiger partial charge in [-0.25, -0.2) is 4.99 Å². The van der Waals surface area contributed by atoms with Crippen LogP contribution >= 0.6 is 0 Å². The van der Waals surface area contributed by atoms with E-state index in [2.05, 4.69) is 4.99 Å². The molecule has 1 aliphatic rings. The third kappa shape index (κ3) is 1.45. The highest BCUT2D eigenvalue weighted by atomic mass is 16.3. The first kappa shape index (κ1) is 6.13. The molecule has 1 rings (SSSR count). The van der Waals surface area contributed by atoms with E-state index in [0.29, 0.717) is 6.54 Å². The van der Waals surface area contributed by atoms with Gasteiger partial charge in [-0.1, -0.05) is 0 Å². The van der Waals surface area contributed by atoms with Crippen molar-refractivity contribution in [2.75, 3.05) is 13.6 Å². The molecule has 3 nitrogen and oxygen atoms in total. The van der Waals surface area contributed by atoms with Crippen molar-refractivity contribution < 1.29 is 5.11 Å². The van der Waals surface area contributed by atoms with Crippen LogP contribution in [0.3, 0.4) is 0 Å². The summed E-state index contributed by atoms with van der Waals surface area (Å²) in [6.45, 7) is 2.38. The zero-order valence-corrected chi connectivity index (χ0v) is 5.63. The van der Waals surface area contributed by atoms with E-state index in [-0.39, 0.29) is 5.90 Å². The van der Waals surface area contributed by atoms with E-state index in [0.717, 1.165) is 5.70 Å². The van der Waals surface area contributed by atoms with E-state index in [1.54, 1.807) is 0 Å². The fourth-order valence-electron chi connectivity index (χ4n) is 0.855. The molecule has 0 radical (unpaired) electrons. The Morgan fingerprint density at radius 1 is 1.78 bits per heavy atom. The summed E-state index contributed by atoms with van der Waals surface area (Å²) >= 11 is 0. The summed E-state index contributed by atoms with van der Waals surface area (Å²) in [6.07, 6.45) is 1.89. The predicted molar refractivity (Wildman–Crippen MR) is 36.5 cm³/mol. The molecule has 0 unspecified atom stereocenters. The quantitative estimate of drug-likeness (QED) is 0.520. The van der Waals surface area contributed by atoms with E-state index < -0.39 is 0 Å². The zero-order chi connectivity index (χ0) is 6.85. The molecule has 0 aromatic carbocycles. The highest BCUT2D eigenvalue weighted by molar-refractivity contribution is 5.77. The number of allylic oxidation sites excluding steroid dienone is 1. The van der Waals surface area contributed by atoms with Crippen LogP contribution in [0.4, 0.5) is 0 Å². The van der Waals surface area contributed by atoms with E-state index >= 15 is 0 Å². The van der Waals surface area contributed by atoms with Crippen LogP contribution in [0.25, 0.3) is 0 Å². The average molecular weight is 126 g/mol. The zero-order valence-electron chi connectivity index (χ0n) is 5.63. The van der Waals surface area contributed by atoms with Gasteiger partial charge in [0.2, 0.25) is 5.90 Å². The first-order valence-corrected chi connectivity index (χ1v) is 2.83. The van der Waals surface area contributed by atoms with Crippen LogP contribution in [-0.2, 0) is 0 Å². The number of aliphatic hydroxyl groups excluding tert-OH is 1. The second kappa shape index (κ2) is 2.09. The first-order valence-electron chi connectivity index (χ1n) is 2.83. The summed E-state index contributed by atoms with van der Waals surface area (Å²) in [5.41, 5.74) is 0.848. The normalized spacial score (nSPS) is 19.1. The van der Waals surface area contributed by atoms with Crippen LogP contribution in [0.2, 0.25) is 0 Å². The highest BCUT2D eigenvalue weighted by Crippen LogP contribution is 2.02. The molecule has 0 saturated heterocycles. The Kier molecular flexibility index (Phi) is 1.42. The minimum Gasteiger partial charge on any atom is -0.495 e. The second-order valence-electron chi connectivity index (χ2n) is 2.21. The van der Waals surface area contributed by atoms with Crippen molar-refractivity contribution in [2.45, 2.75) is 6.92 Å². The maximum Gasteiger partial charge on any atom is 0.205 e. The van der Waals surface area contributed by atoms with Gasteiger partial charge in [0.1, 0.15) is 0 Å². The van der Waals surface area contributed by atoms with Crippen molar-refractivity contribution in [1.82, 2.24) is 4.90 Å². The molecular weight excluding hydrogens is 116 g/mol. The number of aliphatic imine (C=N–C) groups is 1. The molecule has 0 atom stereocenters. The summed E-state index contributed by atoms with van der Waals surface area (Å²) in [5.74, 6) is 0.192. The lowest BCUT2D eigenvalue weighted by Crippen LogP contribution is -2.24. The van der Waals surface area contributed by atoms with Crippen molar-refractivity contribution in [3.63, 3.8) is 0 Å². The summed E-state index contributed by atoms with van der Waals surface area (Å²) in [4.78, 5) is 5.71. The van der Waals surface area contributed by atoms with Gasteiger partial charge in [0.05, 0.1) is 12.2 Å². The molecule has 1 aliphatic heterocycles. The van der Waals surface area contributed by atoms with Crippen LogP contribution in [0.5, 0.6) is 0 Å². The molecule has 0 aromatic heterocycles. The Morgan fingerprint density at radius 2 is 2.44 bits per heavy atom. The Balaban J connectivity index is 2.74. The number of aliphatic hydroxyl groups is 1.